The number of hydrogen-bond donors (Lipinski definition) is 0. The number of amides is 2. The van der Waals surface area contributed by atoms with Gasteiger partial charge < -0.3 is 9.47 Å². The number of rotatable bonds is 4. The van der Waals surface area contributed by atoms with E-state index in [0.29, 0.717) is 17.1 Å². The molecule has 25 heavy (non-hydrogen) atoms. The third-order valence-corrected chi connectivity index (χ3v) is 5.48. The third kappa shape index (κ3) is 2.35. The van der Waals surface area contributed by atoms with E-state index in [4.69, 9.17) is 9.47 Å². The van der Waals surface area contributed by atoms with Crippen molar-refractivity contribution in [2.24, 2.45) is 28.8 Å². The zero-order chi connectivity index (χ0) is 17.6. The van der Waals surface area contributed by atoms with E-state index in [-0.39, 0.29) is 35.5 Å². The number of benzene rings is 1. The largest absolute Gasteiger partial charge is 0.493 e. The molecule has 0 aromatic heterocycles. The summed E-state index contributed by atoms with van der Waals surface area (Å²) < 4.78 is 10.6. The molecule has 6 nitrogen and oxygen atoms in total. The number of allylic oxidation sites excluding steroid dienone is 2. The van der Waals surface area contributed by atoms with Crippen LogP contribution in [0.1, 0.15) is 18.4 Å². The number of carbonyl (C=O) groups excluding carboxylic acids is 2. The van der Waals surface area contributed by atoms with Gasteiger partial charge in [-0.3, -0.25) is 9.59 Å². The van der Waals surface area contributed by atoms with Crippen LogP contribution in [-0.2, 0) is 9.59 Å². The summed E-state index contributed by atoms with van der Waals surface area (Å²) in [5, 5.41) is 5.25. The summed E-state index contributed by atoms with van der Waals surface area (Å²) in [5.74, 6) is 0.546. The Morgan fingerprint density at radius 1 is 1.04 bits per heavy atom. The predicted octanol–water partition coefficient (Wildman–Crippen LogP) is 2.23. The first-order chi connectivity index (χ1) is 12.2. The van der Waals surface area contributed by atoms with Crippen molar-refractivity contribution in [3.63, 3.8) is 0 Å². The van der Waals surface area contributed by atoms with Crippen molar-refractivity contribution in [1.29, 1.82) is 0 Å². The van der Waals surface area contributed by atoms with Crippen molar-refractivity contribution in [2.75, 3.05) is 14.2 Å². The number of ether oxygens (including phenoxy) is 2. The second-order valence-corrected chi connectivity index (χ2v) is 6.66. The molecule has 1 heterocycles. The van der Waals surface area contributed by atoms with E-state index in [9.17, 15) is 9.59 Å². The Morgan fingerprint density at radius 2 is 1.68 bits per heavy atom. The molecular weight excluding hydrogens is 320 g/mol. The van der Waals surface area contributed by atoms with Gasteiger partial charge in [0.25, 0.3) is 11.8 Å². The van der Waals surface area contributed by atoms with Gasteiger partial charge in [-0.1, -0.05) is 18.2 Å². The fourth-order valence-corrected chi connectivity index (χ4v) is 4.31. The molecule has 1 saturated carbocycles. The van der Waals surface area contributed by atoms with E-state index < -0.39 is 0 Å². The molecule has 1 aromatic carbocycles. The number of para-hydroxylation sites is 1. The molecule has 2 fully saturated rings. The predicted molar refractivity (Wildman–Crippen MR) is 91.3 cm³/mol. The molecule has 2 amide bonds. The zero-order valence-electron chi connectivity index (χ0n) is 14.2. The molecular formula is C19H20N2O4. The molecule has 3 aliphatic carbocycles. The molecule has 1 saturated heterocycles. The Kier molecular flexibility index (Phi) is 3.82. The van der Waals surface area contributed by atoms with Crippen LogP contribution in [0.5, 0.6) is 11.5 Å². The van der Waals surface area contributed by atoms with Gasteiger partial charge in [0.1, 0.15) is 0 Å². The highest BCUT2D eigenvalue weighted by atomic mass is 16.5. The Balaban J connectivity index is 1.63. The van der Waals surface area contributed by atoms with Crippen molar-refractivity contribution < 1.29 is 19.1 Å². The monoisotopic (exact) mass is 340 g/mol. The van der Waals surface area contributed by atoms with Crippen LogP contribution in [0.4, 0.5) is 0 Å². The van der Waals surface area contributed by atoms with Crippen LogP contribution in [0.25, 0.3) is 0 Å². The number of carbonyl (C=O) groups is 2. The van der Waals surface area contributed by atoms with Crippen molar-refractivity contribution in [1.82, 2.24) is 5.01 Å². The summed E-state index contributed by atoms with van der Waals surface area (Å²) in [6.45, 7) is 0. The van der Waals surface area contributed by atoms with Crippen LogP contribution >= 0.6 is 0 Å². The van der Waals surface area contributed by atoms with Crippen molar-refractivity contribution in [2.45, 2.75) is 12.8 Å². The van der Waals surface area contributed by atoms with E-state index in [2.05, 4.69) is 17.3 Å². The van der Waals surface area contributed by atoms with E-state index in [1.54, 1.807) is 32.4 Å². The van der Waals surface area contributed by atoms with Gasteiger partial charge in [0, 0.05) is 5.56 Å². The lowest BCUT2D eigenvalue weighted by Crippen LogP contribution is -2.38. The number of hydrogen-bond acceptors (Lipinski definition) is 5. The minimum atomic E-state index is -0.249. The normalized spacial score (nSPS) is 30.2. The van der Waals surface area contributed by atoms with Crippen molar-refractivity contribution >= 4 is 18.0 Å². The third-order valence-electron chi connectivity index (χ3n) is 5.48. The number of imide groups is 1. The smallest absolute Gasteiger partial charge is 0.254 e. The molecule has 4 aliphatic rings. The lowest BCUT2D eigenvalue weighted by atomic mass is 9.63. The standard InChI is InChI=1S/C19H20N2O4/c1-24-14-5-3-4-13(17(14)25-2)10-20-21-18(22)15-11-6-7-12(9-8-11)16(15)19(21)23/h3-7,10-12,15-16H,8-9H2,1-2H3/b20-10-/t11-,12+,15-,16-/m0/s1. The summed E-state index contributed by atoms with van der Waals surface area (Å²) in [6.07, 6.45) is 7.63. The summed E-state index contributed by atoms with van der Waals surface area (Å²) in [7, 11) is 3.10. The number of hydrazone groups is 1. The Hall–Kier alpha value is -2.63. The molecule has 2 bridgehead atoms. The first-order valence-corrected chi connectivity index (χ1v) is 8.46. The second kappa shape index (κ2) is 6.02. The minimum Gasteiger partial charge on any atom is -0.493 e. The van der Waals surface area contributed by atoms with Gasteiger partial charge in [0.2, 0.25) is 0 Å². The number of fused-ring (bicyclic) bond motifs is 1. The first-order valence-electron chi connectivity index (χ1n) is 8.46. The lowest BCUT2D eigenvalue weighted by Gasteiger charge is -2.37. The maximum Gasteiger partial charge on any atom is 0.254 e. The SMILES string of the molecule is COc1cccc(/C=N\N2C(=O)[C@@H]3[C@@H](C2=O)[C@H]2C=C[C@@H]3CC2)c1OC. The Bertz CT molecular complexity index is 754. The van der Waals surface area contributed by atoms with Gasteiger partial charge in [0.15, 0.2) is 11.5 Å². The zero-order valence-corrected chi connectivity index (χ0v) is 14.2. The van der Waals surface area contributed by atoms with Crippen LogP contribution in [0.2, 0.25) is 0 Å². The van der Waals surface area contributed by atoms with E-state index >= 15 is 0 Å². The average Bonchev–Trinajstić information content (AvgIpc) is 2.93. The van der Waals surface area contributed by atoms with E-state index in [1.807, 2.05) is 0 Å². The summed E-state index contributed by atoms with van der Waals surface area (Å²) in [4.78, 5) is 25.5. The van der Waals surface area contributed by atoms with Crippen LogP contribution < -0.4 is 9.47 Å². The van der Waals surface area contributed by atoms with Crippen molar-refractivity contribution in [3.05, 3.63) is 35.9 Å². The molecule has 0 N–H and O–H groups in total. The van der Waals surface area contributed by atoms with E-state index in [1.165, 1.54) is 6.21 Å². The van der Waals surface area contributed by atoms with Crippen LogP contribution in [0, 0.1) is 23.7 Å². The quantitative estimate of drug-likeness (QED) is 0.479. The maximum absolute atomic E-state index is 12.7. The van der Waals surface area contributed by atoms with Gasteiger partial charge in [-0.2, -0.15) is 10.1 Å². The molecule has 6 heteroatoms. The second-order valence-electron chi connectivity index (χ2n) is 6.66. The molecule has 1 aliphatic heterocycles. The highest BCUT2D eigenvalue weighted by Gasteiger charge is 2.56. The van der Waals surface area contributed by atoms with Gasteiger partial charge in [-0.15, -0.1) is 0 Å². The summed E-state index contributed by atoms with van der Waals surface area (Å²) in [6, 6.07) is 5.38. The van der Waals surface area contributed by atoms with Crippen LogP contribution in [-0.4, -0.2) is 37.3 Å². The van der Waals surface area contributed by atoms with E-state index in [0.717, 1.165) is 17.9 Å². The topological polar surface area (TPSA) is 68.2 Å². The summed E-state index contributed by atoms with van der Waals surface area (Å²) >= 11 is 0. The van der Waals surface area contributed by atoms with Crippen LogP contribution in [0.15, 0.2) is 35.5 Å². The number of methoxy groups -OCH3 is 2. The average molecular weight is 340 g/mol. The fraction of sp³-hybridized carbons (Fsp3) is 0.421. The fourth-order valence-electron chi connectivity index (χ4n) is 4.31. The summed E-state index contributed by atoms with van der Waals surface area (Å²) in [5.41, 5.74) is 0.651. The molecule has 5 rings (SSSR count). The van der Waals surface area contributed by atoms with Gasteiger partial charge >= 0.3 is 0 Å². The number of nitrogens with zero attached hydrogens (tertiary/aromatic N) is 2. The molecule has 1 aromatic rings. The van der Waals surface area contributed by atoms with Gasteiger partial charge in [0.05, 0.1) is 32.3 Å². The van der Waals surface area contributed by atoms with Crippen molar-refractivity contribution in [3.8, 4) is 11.5 Å². The molecule has 0 spiro atoms. The highest BCUT2D eigenvalue weighted by Crippen LogP contribution is 2.49. The molecule has 130 valence electrons. The molecule has 0 unspecified atom stereocenters. The van der Waals surface area contributed by atoms with Gasteiger partial charge in [-0.05, 0) is 36.8 Å². The molecule has 0 radical (unpaired) electrons. The highest BCUT2D eigenvalue weighted by molar-refractivity contribution is 6.06. The first kappa shape index (κ1) is 15.9. The molecule has 4 atom stereocenters. The van der Waals surface area contributed by atoms with Crippen LogP contribution in [0.3, 0.4) is 0 Å². The Morgan fingerprint density at radius 3 is 2.20 bits per heavy atom. The minimum absolute atomic E-state index is 0.165. The lowest BCUT2D eigenvalue weighted by molar-refractivity contribution is -0.140. The Labute approximate surface area is 146 Å². The maximum atomic E-state index is 12.7. The van der Waals surface area contributed by atoms with Gasteiger partial charge in [-0.25, -0.2) is 0 Å².